The summed E-state index contributed by atoms with van der Waals surface area (Å²) >= 11 is 11.0. The molecule has 2 aromatic carbocycles. The summed E-state index contributed by atoms with van der Waals surface area (Å²) < 4.78 is 29.2. The lowest BCUT2D eigenvalue weighted by Gasteiger charge is -2.06. The predicted molar refractivity (Wildman–Crippen MR) is 77.6 cm³/mol. The van der Waals surface area contributed by atoms with E-state index in [1.165, 1.54) is 18.2 Å². The molecule has 1 heterocycles. The molecule has 3 aromatic rings. The molecule has 0 radical (unpaired) electrons. The minimum Gasteiger partial charge on any atom is -0.330 e. The van der Waals surface area contributed by atoms with E-state index in [-0.39, 0.29) is 17.4 Å². The highest BCUT2D eigenvalue weighted by molar-refractivity contribution is 7.71. The smallest absolute Gasteiger partial charge is 0.178 e. The third kappa shape index (κ3) is 2.23. The second kappa shape index (κ2) is 5.00. The molecule has 0 saturated heterocycles. The molecule has 0 atom stereocenters. The number of nitrogens with one attached hydrogen (secondary N) is 1. The van der Waals surface area contributed by atoms with E-state index in [0.29, 0.717) is 21.4 Å². The van der Waals surface area contributed by atoms with Crippen LogP contribution < -0.4 is 0 Å². The number of imidazole rings is 1. The lowest BCUT2D eigenvalue weighted by Crippen LogP contribution is -2.01. The average Bonchev–Trinajstić information content (AvgIpc) is 2.69. The minimum atomic E-state index is -0.520. The van der Waals surface area contributed by atoms with E-state index in [2.05, 4.69) is 4.98 Å². The van der Waals surface area contributed by atoms with Crippen LogP contribution >= 0.6 is 23.8 Å². The first kappa shape index (κ1) is 13.3. The monoisotopic (exact) mass is 310 g/mol. The van der Waals surface area contributed by atoms with Gasteiger partial charge in [-0.1, -0.05) is 29.8 Å². The quantitative estimate of drug-likeness (QED) is 0.682. The Balaban J connectivity index is 2.17. The van der Waals surface area contributed by atoms with Gasteiger partial charge in [0.1, 0.15) is 11.6 Å². The molecule has 1 N–H and O–H groups in total. The van der Waals surface area contributed by atoms with Crippen LogP contribution in [0.15, 0.2) is 36.4 Å². The third-order valence-electron chi connectivity index (χ3n) is 3.10. The van der Waals surface area contributed by atoms with Crippen LogP contribution in [0, 0.1) is 16.4 Å². The molecule has 0 spiro atoms. The van der Waals surface area contributed by atoms with Gasteiger partial charge in [-0.3, -0.25) is 0 Å². The Morgan fingerprint density at radius 1 is 1.15 bits per heavy atom. The Morgan fingerprint density at radius 3 is 2.65 bits per heavy atom. The highest BCUT2D eigenvalue weighted by Crippen LogP contribution is 2.24. The van der Waals surface area contributed by atoms with Crippen LogP contribution in [0.2, 0.25) is 5.02 Å². The van der Waals surface area contributed by atoms with E-state index in [0.717, 1.165) is 0 Å². The van der Waals surface area contributed by atoms with Crippen LogP contribution in [0.3, 0.4) is 0 Å². The normalized spacial score (nSPS) is 11.2. The summed E-state index contributed by atoms with van der Waals surface area (Å²) in [6.07, 6.45) is 0. The van der Waals surface area contributed by atoms with Crippen LogP contribution in [0.1, 0.15) is 5.56 Å². The number of hydrogen-bond acceptors (Lipinski definition) is 1. The number of H-pyrrole nitrogens is 1. The molecule has 20 heavy (non-hydrogen) atoms. The van der Waals surface area contributed by atoms with Gasteiger partial charge in [0.05, 0.1) is 22.6 Å². The van der Waals surface area contributed by atoms with Gasteiger partial charge in [0.15, 0.2) is 4.77 Å². The molecule has 0 bridgehead atoms. The van der Waals surface area contributed by atoms with Crippen LogP contribution in [0.5, 0.6) is 0 Å². The number of benzene rings is 2. The largest absolute Gasteiger partial charge is 0.330 e. The zero-order chi connectivity index (χ0) is 14.3. The fourth-order valence-corrected chi connectivity index (χ4v) is 2.54. The molecule has 6 heteroatoms. The molecule has 102 valence electrons. The van der Waals surface area contributed by atoms with E-state index >= 15 is 0 Å². The summed E-state index contributed by atoms with van der Waals surface area (Å²) in [4.78, 5) is 2.89. The lowest BCUT2D eigenvalue weighted by atomic mass is 10.2. The molecule has 0 saturated carbocycles. The highest BCUT2D eigenvalue weighted by atomic mass is 35.5. The maximum Gasteiger partial charge on any atom is 0.178 e. The Labute approximate surface area is 123 Å². The molecule has 0 aliphatic carbocycles. The summed E-state index contributed by atoms with van der Waals surface area (Å²) in [5.41, 5.74) is 1.68. The zero-order valence-electron chi connectivity index (χ0n) is 10.2. The third-order valence-corrected chi connectivity index (χ3v) is 3.71. The summed E-state index contributed by atoms with van der Waals surface area (Å²) in [5, 5.41) is 0.00813. The second-order valence-corrected chi connectivity index (χ2v) is 5.19. The fourth-order valence-electron chi connectivity index (χ4n) is 2.11. The van der Waals surface area contributed by atoms with Crippen molar-refractivity contribution in [2.24, 2.45) is 0 Å². The van der Waals surface area contributed by atoms with Crippen LogP contribution in [-0.2, 0) is 6.54 Å². The Kier molecular flexibility index (Phi) is 3.31. The molecule has 2 nitrogen and oxygen atoms in total. The topological polar surface area (TPSA) is 20.7 Å². The number of nitrogens with zero attached hydrogens (tertiary/aromatic N) is 1. The minimum absolute atomic E-state index is 0.00813. The van der Waals surface area contributed by atoms with Crippen LogP contribution in [0.4, 0.5) is 8.78 Å². The Morgan fingerprint density at radius 2 is 1.90 bits per heavy atom. The van der Waals surface area contributed by atoms with E-state index in [4.69, 9.17) is 23.8 Å². The van der Waals surface area contributed by atoms with Gasteiger partial charge in [-0.2, -0.15) is 0 Å². The van der Waals surface area contributed by atoms with Crippen LogP contribution in [0.25, 0.3) is 11.0 Å². The predicted octanol–water partition coefficient (Wildman–Crippen LogP) is 4.68. The maximum atomic E-state index is 13.7. The molecule has 0 unspecified atom stereocenters. The maximum absolute atomic E-state index is 13.7. The summed E-state index contributed by atoms with van der Waals surface area (Å²) in [7, 11) is 0. The molecule has 0 aliphatic rings. The highest BCUT2D eigenvalue weighted by Gasteiger charge is 2.10. The molecular weight excluding hydrogens is 302 g/mol. The van der Waals surface area contributed by atoms with Crippen molar-refractivity contribution in [3.05, 3.63) is 63.4 Å². The Bertz CT molecular complexity index is 854. The number of aromatic nitrogens is 2. The second-order valence-electron chi connectivity index (χ2n) is 4.39. The molecular formula is C14H9ClF2N2S. The zero-order valence-corrected chi connectivity index (χ0v) is 11.7. The van der Waals surface area contributed by atoms with Gasteiger partial charge in [0, 0.05) is 11.6 Å². The van der Waals surface area contributed by atoms with E-state index in [1.807, 2.05) is 0 Å². The summed E-state index contributed by atoms with van der Waals surface area (Å²) in [5.74, 6) is -0.828. The van der Waals surface area contributed by atoms with Gasteiger partial charge in [-0.25, -0.2) is 8.78 Å². The van der Waals surface area contributed by atoms with Gasteiger partial charge in [0.25, 0.3) is 0 Å². The van der Waals surface area contributed by atoms with Gasteiger partial charge in [-0.05, 0) is 24.4 Å². The summed E-state index contributed by atoms with van der Waals surface area (Å²) in [6.45, 7) is 0.257. The number of rotatable bonds is 2. The molecule has 1 aromatic heterocycles. The van der Waals surface area contributed by atoms with Crippen molar-refractivity contribution in [1.82, 2.24) is 9.55 Å². The van der Waals surface area contributed by atoms with Crippen molar-refractivity contribution < 1.29 is 8.78 Å². The molecule has 0 amide bonds. The van der Waals surface area contributed by atoms with Gasteiger partial charge >= 0.3 is 0 Å². The number of aromatic amines is 1. The first-order chi connectivity index (χ1) is 9.56. The van der Waals surface area contributed by atoms with Crippen molar-refractivity contribution in [2.75, 3.05) is 0 Å². The Hall–Kier alpha value is -1.72. The van der Waals surface area contributed by atoms with Crippen molar-refractivity contribution >= 4 is 34.9 Å². The standard InChI is InChI=1S/C14H9ClF2N2S/c15-9-5-13-12(6-11(9)17)18-14(20)19(13)7-8-3-1-2-4-10(8)16/h1-6H,7H2,(H,18,20). The number of fused-ring (bicyclic) bond motifs is 1. The van der Waals surface area contributed by atoms with Crippen LogP contribution in [-0.4, -0.2) is 9.55 Å². The van der Waals surface area contributed by atoms with E-state index in [9.17, 15) is 8.78 Å². The van der Waals surface area contributed by atoms with Gasteiger partial charge in [-0.15, -0.1) is 0 Å². The van der Waals surface area contributed by atoms with E-state index in [1.54, 1.807) is 22.8 Å². The van der Waals surface area contributed by atoms with Crippen molar-refractivity contribution in [2.45, 2.75) is 6.54 Å². The van der Waals surface area contributed by atoms with Gasteiger partial charge in [0.2, 0.25) is 0 Å². The first-order valence-corrected chi connectivity index (χ1v) is 6.66. The average molecular weight is 311 g/mol. The molecule has 0 fully saturated rings. The molecule has 0 aliphatic heterocycles. The van der Waals surface area contributed by atoms with E-state index < -0.39 is 5.82 Å². The first-order valence-electron chi connectivity index (χ1n) is 5.87. The number of halogens is 3. The van der Waals surface area contributed by atoms with Crippen molar-refractivity contribution in [1.29, 1.82) is 0 Å². The fraction of sp³-hybridized carbons (Fsp3) is 0.0714. The SMILES string of the molecule is Fc1cc2[nH]c(=S)n(Cc3ccccc3F)c2cc1Cl. The van der Waals surface area contributed by atoms with Crippen molar-refractivity contribution in [3.63, 3.8) is 0 Å². The summed E-state index contributed by atoms with van der Waals surface area (Å²) in [6, 6.07) is 9.22. The number of hydrogen-bond donors (Lipinski definition) is 1. The molecule has 3 rings (SSSR count). The lowest BCUT2D eigenvalue weighted by molar-refractivity contribution is 0.600. The van der Waals surface area contributed by atoms with Crippen molar-refractivity contribution in [3.8, 4) is 0 Å². The van der Waals surface area contributed by atoms with Gasteiger partial charge < -0.3 is 9.55 Å².